The zero-order valence-electron chi connectivity index (χ0n) is 17.0. The Hall–Kier alpha value is -2.60. The van der Waals surface area contributed by atoms with Gasteiger partial charge in [-0.2, -0.15) is 0 Å². The van der Waals surface area contributed by atoms with Crippen molar-refractivity contribution in [1.29, 1.82) is 0 Å². The molecule has 1 aliphatic carbocycles. The van der Waals surface area contributed by atoms with Crippen molar-refractivity contribution in [3.63, 3.8) is 0 Å². The number of benzene rings is 2. The molecule has 2 aromatic carbocycles. The van der Waals surface area contributed by atoms with Crippen molar-refractivity contribution in [2.45, 2.75) is 50.5 Å². The number of esters is 2. The Morgan fingerprint density at radius 1 is 0.967 bits per heavy atom. The van der Waals surface area contributed by atoms with E-state index in [1.54, 1.807) is 0 Å². The zero-order chi connectivity index (χ0) is 21.1. The van der Waals surface area contributed by atoms with Crippen molar-refractivity contribution >= 4 is 19.8 Å². The lowest BCUT2D eigenvalue weighted by molar-refractivity contribution is -0.167. The summed E-state index contributed by atoms with van der Waals surface area (Å²) in [6.07, 6.45) is 0.292. The minimum absolute atomic E-state index is 0.00115. The molecule has 0 aromatic heterocycles. The molecular weight excluding hydrogens is 379 g/mol. The molecule has 0 amide bonds. The number of rotatable bonds is 8. The number of ether oxygens (including phenoxy) is 3. The zero-order valence-corrected chi connectivity index (χ0v) is 17.0. The molecular formula is C24H25BO5. The van der Waals surface area contributed by atoms with E-state index in [-0.39, 0.29) is 43.4 Å². The van der Waals surface area contributed by atoms with Crippen LogP contribution in [0.4, 0.5) is 0 Å². The van der Waals surface area contributed by atoms with Gasteiger partial charge in [-0.05, 0) is 29.3 Å². The summed E-state index contributed by atoms with van der Waals surface area (Å²) in [7, 11) is 6.10. The van der Waals surface area contributed by atoms with Gasteiger partial charge in [-0.3, -0.25) is 9.59 Å². The fourth-order valence-corrected chi connectivity index (χ4v) is 4.40. The molecule has 154 valence electrons. The van der Waals surface area contributed by atoms with E-state index >= 15 is 0 Å². The van der Waals surface area contributed by atoms with E-state index in [1.807, 2.05) is 67.6 Å². The van der Waals surface area contributed by atoms with Crippen LogP contribution >= 0.6 is 0 Å². The van der Waals surface area contributed by atoms with Gasteiger partial charge in [-0.1, -0.05) is 67.6 Å². The summed E-state index contributed by atoms with van der Waals surface area (Å²) in [5, 5.41) is 0. The summed E-state index contributed by atoms with van der Waals surface area (Å²) in [5.41, 5.74) is 0.880. The molecule has 1 heterocycles. The first kappa shape index (κ1) is 20.7. The van der Waals surface area contributed by atoms with Crippen molar-refractivity contribution < 1.29 is 23.8 Å². The lowest BCUT2D eigenvalue weighted by Crippen LogP contribution is -2.45. The van der Waals surface area contributed by atoms with Crippen molar-refractivity contribution in [3.8, 4) is 0 Å². The van der Waals surface area contributed by atoms with Crippen LogP contribution in [0.25, 0.3) is 0 Å². The summed E-state index contributed by atoms with van der Waals surface area (Å²) in [6, 6.07) is 19.0. The summed E-state index contributed by atoms with van der Waals surface area (Å²) >= 11 is 0. The average Bonchev–Trinajstić information content (AvgIpc) is 3.24. The van der Waals surface area contributed by atoms with Crippen LogP contribution in [0.5, 0.6) is 0 Å². The van der Waals surface area contributed by atoms with Crippen molar-refractivity contribution in [1.82, 2.24) is 0 Å². The summed E-state index contributed by atoms with van der Waals surface area (Å²) < 4.78 is 17.2. The maximum absolute atomic E-state index is 13.0. The maximum Gasteiger partial charge on any atom is 0.312 e. The lowest BCUT2D eigenvalue weighted by Gasteiger charge is -2.34. The molecule has 0 N–H and O–H groups in total. The molecule has 2 radical (unpaired) electrons. The normalized spacial score (nSPS) is 29.1. The predicted molar refractivity (Wildman–Crippen MR) is 111 cm³/mol. The Labute approximate surface area is 178 Å². The third kappa shape index (κ3) is 4.15. The van der Waals surface area contributed by atoms with Gasteiger partial charge in [0.1, 0.15) is 13.2 Å². The Morgan fingerprint density at radius 2 is 1.53 bits per heavy atom. The van der Waals surface area contributed by atoms with Crippen LogP contribution in [0.3, 0.4) is 0 Å². The SMILES string of the molecule is [B][C@@H]1C2OC(CC)(CC(=O)OCc3ccccc3)C(C(=O)OCc3ccccc3)C21. The van der Waals surface area contributed by atoms with Gasteiger partial charge in [0.25, 0.3) is 0 Å². The quantitative estimate of drug-likeness (QED) is 0.497. The fourth-order valence-electron chi connectivity index (χ4n) is 4.40. The van der Waals surface area contributed by atoms with E-state index in [0.29, 0.717) is 6.42 Å². The van der Waals surface area contributed by atoms with Gasteiger partial charge in [0, 0.05) is 0 Å². The van der Waals surface area contributed by atoms with Gasteiger partial charge < -0.3 is 14.2 Å². The molecule has 2 fully saturated rings. The fraction of sp³-hybridized carbons (Fsp3) is 0.417. The molecule has 5 nitrogen and oxygen atoms in total. The smallest absolute Gasteiger partial charge is 0.312 e. The Kier molecular flexibility index (Phi) is 5.95. The van der Waals surface area contributed by atoms with Crippen LogP contribution in [-0.2, 0) is 37.0 Å². The monoisotopic (exact) mass is 404 g/mol. The molecule has 4 rings (SSSR count). The highest BCUT2D eigenvalue weighted by Gasteiger charge is 2.69. The molecule has 2 aliphatic rings. The molecule has 1 aliphatic heterocycles. The summed E-state index contributed by atoms with van der Waals surface area (Å²) in [6.45, 7) is 2.29. The molecule has 2 aromatic rings. The maximum atomic E-state index is 13.0. The van der Waals surface area contributed by atoms with Gasteiger partial charge in [-0.15, -0.1) is 0 Å². The Bertz CT molecular complexity index is 887. The predicted octanol–water partition coefficient (Wildman–Crippen LogP) is 3.61. The molecule has 1 saturated heterocycles. The van der Waals surface area contributed by atoms with E-state index in [2.05, 4.69) is 0 Å². The standard InChI is InChI=1S/C24H25BO5/c1-2-24(13-18(26)28-14-16-9-5-3-6-10-16)20(19-21(25)22(19)30-24)23(27)29-15-17-11-7-4-8-12-17/h3-12,19-22H,2,13-15H2,1H3/t19?,20?,21-,22?,24?/m0/s1. The first-order valence-electron chi connectivity index (χ1n) is 10.4. The first-order valence-corrected chi connectivity index (χ1v) is 10.4. The molecule has 6 heteroatoms. The Morgan fingerprint density at radius 3 is 2.10 bits per heavy atom. The number of hydrogen-bond acceptors (Lipinski definition) is 5. The highest BCUT2D eigenvalue weighted by atomic mass is 16.6. The second kappa shape index (κ2) is 8.64. The highest BCUT2D eigenvalue weighted by molar-refractivity contribution is 6.15. The molecule has 5 atom stereocenters. The van der Waals surface area contributed by atoms with Crippen LogP contribution in [0.15, 0.2) is 60.7 Å². The van der Waals surface area contributed by atoms with Crippen LogP contribution in [0, 0.1) is 11.8 Å². The van der Waals surface area contributed by atoms with Gasteiger partial charge >= 0.3 is 11.9 Å². The van der Waals surface area contributed by atoms with Gasteiger partial charge in [0.15, 0.2) is 0 Å². The van der Waals surface area contributed by atoms with Crippen LogP contribution in [0.2, 0.25) is 5.82 Å². The number of hydrogen-bond donors (Lipinski definition) is 0. The van der Waals surface area contributed by atoms with Crippen molar-refractivity contribution in [2.75, 3.05) is 0 Å². The lowest BCUT2D eigenvalue weighted by atomic mass is 9.77. The van der Waals surface area contributed by atoms with Crippen LogP contribution < -0.4 is 0 Å². The second-order valence-electron chi connectivity index (χ2n) is 8.05. The van der Waals surface area contributed by atoms with Crippen molar-refractivity contribution in [2.24, 2.45) is 11.8 Å². The van der Waals surface area contributed by atoms with Crippen LogP contribution in [0.1, 0.15) is 30.9 Å². The largest absolute Gasteiger partial charge is 0.461 e. The summed E-state index contributed by atoms with van der Waals surface area (Å²) in [5.74, 6) is -1.64. The van der Waals surface area contributed by atoms with Gasteiger partial charge in [-0.25, -0.2) is 0 Å². The first-order chi connectivity index (χ1) is 14.5. The second-order valence-corrected chi connectivity index (χ2v) is 8.05. The Balaban J connectivity index is 1.42. The average molecular weight is 404 g/mol. The molecule has 1 saturated carbocycles. The number of fused-ring (bicyclic) bond motifs is 1. The minimum Gasteiger partial charge on any atom is -0.461 e. The van der Waals surface area contributed by atoms with E-state index in [9.17, 15) is 9.59 Å². The molecule has 0 bridgehead atoms. The molecule has 4 unspecified atom stereocenters. The number of carbonyl (C=O) groups is 2. The van der Waals surface area contributed by atoms with E-state index in [4.69, 9.17) is 22.1 Å². The molecule has 0 spiro atoms. The highest BCUT2D eigenvalue weighted by Crippen LogP contribution is 2.63. The molecule has 30 heavy (non-hydrogen) atoms. The topological polar surface area (TPSA) is 61.8 Å². The third-order valence-corrected chi connectivity index (χ3v) is 6.15. The van der Waals surface area contributed by atoms with E-state index in [0.717, 1.165) is 11.1 Å². The summed E-state index contributed by atoms with van der Waals surface area (Å²) in [4.78, 5) is 25.6. The van der Waals surface area contributed by atoms with E-state index < -0.39 is 17.5 Å². The van der Waals surface area contributed by atoms with E-state index in [1.165, 1.54) is 0 Å². The van der Waals surface area contributed by atoms with Gasteiger partial charge in [0.05, 0.1) is 31.9 Å². The van der Waals surface area contributed by atoms with Crippen LogP contribution in [-0.4, -0.2) is 31.5 Å². The number of carbonyl (C=O) groups excluding carboxylic acids is 2. The third-order valence-electron chi connectivity index (χ3n) is 6.15. The van der Waals surface area contributed by atoms with Crippen molar-refractivity contribution in [3.05, 3.63) is 71.8 Å². The van der Waals surface area contributed by atoms with Gasteiger partial charge in [0.2, 0.25) is 0 Å². The minimum atomic E-state index is -0.938.